The van der Waals surface area contributed by atoms with Gasteiger partial charge in [0, 0.05) is 12.6 Å². The Morgan fingerprint density at radius 3 is 2.67 bits per heavy atom. The van der Waals surface area contributed by atoms with Gasteiger partial charge in [0.1, 0.15) is 5.15 Å². The Morgan fingerprint density at radius 1 is 1.39 bits per heavy atom. The molecule has 1 aliphatic carbocycles. The quantitative estimate of drug-likeness (QED) is 0.917. The summed E-state index contributed by atoms with van der Waals surface area (Å²) in [6, 6.07) is 0. The lowest BCUT2D eigenvalue weighted by molar-refractivity contribution is 0.193. The fourth-order valence-corrected chi connectivity index (χ4v) is 3.54. The largest absolute Gasteiger partial charge is 0.330 e. The highest BCUT2D eigenvalue weighted by molar-refractivity contribution is 6.30. The first-order valence-corrected chi connectivity index (χ1v) is 7.28. The van der Waals surface area contributed by atoms with E-state index in [4.69, 9.17) is 17.3 Å². The summed E-state index contributed by atoms with van der Waals surface area (Å²) in [6.07, 6.45) is 4.88. The zero-order valence-electron chi connectivity index (χ0n) is 11.6. The first kappa shape index (κ1) is 13.9. The lowest BCUT2D eigenvalue weighted by atomic mass is 9.72. The van der Waals surface area contributed by atoms with Crippen LogP contribution >= 0.6 is 11.6 Å². The molecular formula is C14H24ClN3. The highest BCUT2D eigenvalue weighted by atomic mass is 35.5. The maximum atomic E-state index is 6.33. The molecule has 102 valence electrons. The van der Waals surface area contributed by atoms with Crippen molar-refractivity contribution in [2.24, 2.45) is 30.5 Å². The molecule has 0 amide bonds. The van der Waals surface area contributed by atoms with E-state index in [-0.39, 0.29) is 0 Å². The Kier molecular flexibility index (Phi) is 4.33. The van der Waals surface area contributed by atoms with Gasteiger partial charge in [-0.1, -0.05) is 24.9 Å². The van der Waals surface area contributed by atoms with Crippen LogP contribution in [0.15, 0.2) is 0 Å². The third kappa shape index (κ3) is 2.72. The molecule has 0 saturated heterocycles. The molecule has 0 bridgehead atoms. The predicted molar refractivity (Wildman–Crippen MR) is 75.7 cm³/mol. The van der Waals surface area contributed by atoms with Gasteiger partial charge in [0.15, 0.2) is 0 Å². The molecule has 18 heavy (non-hydrogen) atoms. The van der Waals surface area contributed by atoms with Gasteiger partial charge in [0.2, 0.25) is 0 Å². The van der Waals surface area contributed by atoms with Gasteiger partial charge in [0.05, 0.1) is 5.69 Å². The molecule has 1 aliphatic rings. The van der Waals surface area contributed by atoms with Gasteiger partial charge in [-0.15, -0.1) is 0 Å². The van der Waals surface area contributed by atoms with Crippen LogP contribution in [-0.2, 0) is 13.5 Å². The molecule has 0 aromatic carbocycles. The maximum absolute atomic E-state index is 6.33. The van der Waals surface area contributed by atoms with Crippen LogP contribution in [0.4, 0.5) is 0 Å². The second-order valence-corrected chi connectivity index (χ2v) is 6.21. The van der Waals surface area contributed by atoms with Gasteiger partial charge in [0.25, 0.3) is 0 Å². The predicted octanol–water partition coefficient (Wildman–Crippen LogP) is 2.94. The number of aryl methyl sites for hydroxylation is 2. The van der Waals surface area contributed by atoms with Gasteiger partial charge in [-0.2, -0.15) is 5.10 Å². The van der Waals surface area contributed by atoms with E-state index in [1.165, 1.54) is 24.8 Å². The highest BCUT2D eigenvalue weighted by Gasteiger charge is 2.29. The summed E-state index contributed by atoms with van der Waals surface area (Å²) < 4.78 is 1.77. The summed E-state index contributed by atoms with van der Waals surface area (Å²) in [5.74, 6) is 2.13. The van der Waals surface area contributed by atoms with Crippen LogP contribution in [-0.4, -0.2) is 16.3 Å². The number of nitrogens with zero attached hydrogens (tertiary/aromatic N) is 2. The molecule has 0 radical (unpaired) electrons. The van der Waals surface area contributed by atoms with Crippen LogP contribution in [0.5, 0.6) is 0 Å². The number of rotatable bonds is 3. The van der Waals surface area contributed by atoms with Crippen molar-refractivity contribution >= 4 is 11.6 Å². The van der Waals surface area contributed by atoms with Crippen molar-refractivity contribution in [3.8, 4) is 0 Å². The van der Waals surface area contributed by atoms with Gasteiger partial charge < -0.3 is 5.73 Å². The molecule has 1 saturated carbocycles. The van der Waals surface area contributed by atoms with E-state index in [2.05, 4.69) is 12.0 Å². The zero-order valence-corrected chi connectivity index (χ0v) is 12.4. The zero-order chi connectivity index (χ0) is 13.3. The summed E-state index contributed by atoms with van der Waals surface area (Å²) in [4.78, 5) is 0. The van der Waals surface area contributed by atoms with E-state index in [0.717, 1.165) is 29.7 Å². The van der Waals surface area contributed by atoms with Crippen LogP contribution in [0.2, 0.25) is 5.15 Å². The topological polar surface area (TPSA) is 43.8 Å². The minimum atomic E-state index is 0.650. The van der Waals surface area contributed by atoms with E-state index in [1.54, 1.807) is 4.68 Å². The molecule has 0 aliphatic heterocycles. The first-order valence-electron chi connectivity index (χ1n) is 6.91. The van der Waals surface area contributed by atoms with Crippen molar-refractivity contribution < 1.29 is 0 Å². The van der Waals surface area contributed by atoms with Crippen molar-refractivity contribution in [3.05, 3.63) is 16.4 Å². The summed E-state index contributed by atoms with van der Waals surface area (Å²) in [6.45, 7) is 5.19. The fourth-order valence-electron chi connectivity index (χ4n) is 3.29. The van der Waals surface area contributed by atoms with Crippen molar-refractivity contribution in [2.45, 2.75) is 39.5 Å². The average Bonchev–Trinajstić information content (AvgIpc) is 2.56. The number of hydrogen-bond donors (Lipinski definition) is 1. The molecule has 3 unspecified atom stereocenters. The number of halogens is 1. The second-order valence-electron chi connectivity index (χ2n) is 5.86. The summed E-state index contributed by atoms with van der Waals surface area (Å²) in [7, 11) is 1.91. The molecular weight excluding hydrogens is 246 g/mol. The van der Waals surface area contributed by atoms with Crippen LogP contribution in [0.25, 0.3) is 0 Å². The highest BCUT2D eigenvalue weighted by Crippen LogP contribution is 2.36. The molecule has 1 aromatic rings. The second kappa shape index (κ2) is 5.62. The van der Waals surface area contributed by atoms with Crippen LogP contribution in [0.3, 0.4) is 0 Å². The maximum Gasteiger partial charge on any atom is 0.130 e. The van der Waals surface area contributed by atoms with E-state index in [1.807, 2.05) is 14.0 Å². The molecule has 1 aromatic heterocycles. The molecule has 3 atom stereocenters. The minimum Gasteiger partial charge on any atom is -0.330 e. The number of hydrogen-bond acceptors (Lipinski definition) is 2. The van der Waals surface area contributed by atoms with Crippen molar-refractivity contribution in [2.75, 3.05) is 6.54 Å². The summed E-state index contributed by atoms with van der Waals surface area (Å²) in [5, 5.41) is 5.19. The Bertz CT molecular complexity index is 413. The van der Waals surface area contributed by atoms with E-state index in [0.29, 0.717) is 11.8 Å². The third-order valence-corrected chi connectivity index (χ3v) is 4.91. The smallest absolute Gasteiger partial charge is 0.130 e. The monoisotopic (exact) mass is 269 g/mol. The molecule has 3 nitrogen and oxygen atoms in total. The summed E-state index contributed by atoms with van der Waals surface area (Å²) in [5.41, 5.74) is 8.21. The van der Waals surface area contributed by atoms with Crippen molar-refractivity contribution in [3.63, 3.8) is 0 Å². The Labute approximate surface area is 115 Å². The van der Waals surface area contributed by atoms with E-state index >= 15 is 0 Å². The van der Waals surface area contributed by atoms with Gasteiger partial charge in [-0.25, -0.2) is 0 Å². The Balaban J connectivity index is 2.15. The third-order valence-electron chi connectivity index (χ3n) is 4.44. The minimum absolute atomic E-state index is 0.650. The first-order chi connectivity index (χ1) is 8.52. The normalized spacial score (nSPS) is 28.6. The Hall–Kier alpha value is -0.540. The van der Waals surface area contributed by atoms with E-state index < -0.39 is 0 Å². The molecule has 1 heterocycles. The SMILES string of the molecule is Cc1nn(C)c(Cl)c1CC1CC(C)CCC1CN. The lowest BCUT2D eigenvalue weighted by Crippen LogP contribution is -2.31. The summed E-state index contributed by atoms with van der Waals surface area (Å²) >= 11 is 6.33. The van der Waals surface area contributed by atoms with Gasteiger partial charge in [-0.05, 0) is 50.5 Å². The fraction of sp³-hybridized carbons (Fsp3) is 0.786. The molecule has 1 fully saturated rings. The van der Waals surface area contributed by atoms with Crippen molar-refractivity contribution in [1.29, 1.82) is 0 Å². The average molecular weight is 270 g/mol. The molecule has 2 N–H and O–H groups in total. The molecule has 4 heteroatoms. The lowest BCUT2D eigenvalue weighted by Gasteiger charge is -2.34. The Morgan fingerprint density at radius 2 is 2.11 bits per heavy atom. The van der Waals surface area contributed by atoms with Gasteiger partial charge in [-0.3, -0.25) is 4.68 Å². The van der Waals surface area contributed by atoms with Gasteiger partial charge >= 0.3 is 0 Å². The standard InChI is InChI=1S/C14H24ClN3/c1-9-4-5-11(8-16)12(6-9)7-13-10(2)17-18(3)14(13)15/h9,11-12H,4-8,16H2,1-3H3. The number of aromatic nitrogens is 2. The molecule has 2 rings (SSSR count). The molecule has 0 spiro atoms. The number of nitrogens with two attached hydrogens (primary N) is 1. The van der Waals surface area contributed by atoms with E-state index in [9.17, 15) is 0 Å². The van der Waals surface area contributed by atoms with Crippen LogP contribution < -0.4 is 5.73 Å². The van der Waals surface area contributed by atoms with Crippen LogP contribution in [0.1, 0.15) is 37.4 Å². The van der Waals surface area contributed by atoms with Crippen LogP contribution in [0, 0.1) is 24.7 Å². The van der Waals surface area contributed by atoms with Crippen molar-refractivity contribution in [1.82, 2.24) is 9.78 Å².